The topological polar surface area (TPSA) is 76.7 Å². The van der Waals surface area contributed by atoms with Crippen molar-refractivity contribution in [3.8, 4) is 0 Å². The van der Waals surface area contributed by atoms with E-state index in [0.717, 1.165) is 5.56 Å². The molecule has 0 aliphatic heterocycles. The number of nitrogens with zero attached hydrogens (tertiary/aromatic N) is 1. The van der Waals surface area contributed by atoms with Crippen LogP contribution >= 0.6 is 0 Å². The summed E-state index contributed by atoms with van der Waals surface area (Å²) in [6.45, 7) is 4.60. The summed E-state index contributed by atoms with van der Waals surface area (Å²) >= 11 is 0. The summed E-state index contributed by atoms with van der Waals surface area (Å²) in [7, 11) is 1.35. The van der Waals surface area contributed by atoms with E-state index in [2.05, 4.69) is 21.6 Å². The van der Waals surface area contributed by atoms with Gasteiger partial charge in [0.1, 0.15) is 0 Å². The minimum atomic E-state index is -0.350. The molecule has 0 aliphatic carbocycles. The van der Waals surface area contributed by atoms with Crippen molar-refractivity contribution in [2.45, 2.75) is 6.54 Å². The quantitative estimate of drug-likeness (QED) is 0.353. The minimum absolute atomic E-state index is 0.350. The summed E-state index contributed by atoms with van der Waals surface area (Å²) in [5.41, 5.74) is 7.10. The van der Waals surface area contributed by atoms with Crippen molar-refractivity contribution in [2.75, 3.05) is 13.7 Å². The molecule has 1 rings (SSSR count). The first-order valence-corrected chi connectivity index (χ1v) is 5.49. The molecular formula is C13H17N3O2. The van der Waals surface area contributed by atoms with Crippen LogP contribution in [0.4, 0.5) is 0 Å². The standard InChI is InChI=1S/C13H17N3O2/c1-3-8-15-13(14)16-9-10-4-6-11(7-5-10)12(17)18-2/h3-7H,1,8-9H2,2H3,(H3,14,15,16). The highest BCUT2D eigenvalue weighted by Crippen LogP contribution is 2.06. The van der Waals surface area contributed by atoms with Crippen molar-refractivity contribution in [1.29, 1.82) is 0 Å². The van der Waals surface area contributed by atoms with Crippen LogP contribution in [0.5, 0.6) is 0 Å². The Kier molecular flexibility index (Phi) is 5.44. The van der Waals surface area contributed by atoms with E-state index >= 15 is 0 Å². The molecule has 1 aromatic carbocycles. The van der Waals surface area contributed by atoms with Gasteiger partial charge in [0.25, 0.3) is 0 Å². The molecule has 0 saturated carbocycles. The van der Waals surface area contributed by atoms with Crippen LogP contribution in [-0.2, 0) is 11.3 Å². The number of nitrogens with one attached hydrogen (secondary N) is 1. The fourth-order valence-electron chi connectivity index (χ4n) is 1.27. The minimum Gasteiger partial charge on any atom is -0.465 e. The van der Waals surface area contributed by atoms with E-state index in [4.69, 9.17) is 5.73 Å². The van der Waals surface area contributed by atoms with Gasteiger partial charge in [0.2, 0.25) is 0 Å². The predicted octanol–water partition coefficient (Wildman–Crippen LogP) is 1.06. The summed E-state index contributed by atoms with van der Waals surface area (Å²) in [5, 5.41) is 2.88. The molecule has 1 aromatic rings. The molecule has 5 nitrogen and oxygen atoms in total. The van der Waals surface area contributed by atoms with Gasteiger partial charge in [-0.15, -0.1) is 6.58 Å². The third-order valence-electron chi connectivity index (χ3n) is 2.23. The number of nitrogens with two attached hydrogens (primary N) is 1. The van der Waals surface area contributed by atoms with Crippen LogP contribution in [-0.4, -0.2) is 25.6 Å². The Balaban J connectivity index is 2.58. The van der Waals surface area contributed by atoms with Crippen LogP contribution in [0, 0.1) is 0 Å². The second kappa shape index (κ2) is 7.11. The monoisotopic (exact) mass is 247 g/mol. The van der Waals surface area contributed by atoms with Gasteiger partial charge in [0, 0.05) is 6.54 Å². The lowest BCUT2D eigenvalue weighted by molar-refractivity contribution is 0.0600. The van der Waals surface area contributed by atoms with Crippen LogP contribution in [0.15, 0.2) is 41.9 Å². The maximum absolute atomic E-state index is 11.2. The molecule has 0 radical (unpaired) electrons. The van der Waals surface area contributed by atoms with E-state index in [1.807, 2.05) is 12.1 Å². The molecule has 3 N–H and O–H groups in total. The van der Waals surface area contributed by atoms with Crippen LogP contribution < -0.4 is 11.1 Å². The van der Waals surface area contributed by atoms with Gasteiger partial charge in [0.05, 0.1) is 19.2 Å². The molecule has 0 saturated heterocycles. The van der Waals surface area contributed by atoms with Crippen LogP contribution in [0.25, 0.3) is 0 Å². The van der Waals surface area contributed by atoms with Gasteiger partial charge in [-0.2, -0.15) is 0 Å². The van der Waals surface area contributed by atoms with E-state index in [1.165, 1.54) is 7.11 Å². The molecule has 0 bridgehead atoms. The van der Waals surface area contributed by atoms with Gasteiger partial charge in [-0.3, -0.25) is 0 Å². The highest BCUT2D eigenvalue weighted by molar-refractivity contribution is 5.89. The van der Waals surface area contributed by atoms with Gasteiger partial charge >= 0.3 is 5.97 Å². The summed E-state index contributed by atoms with van der Waals surface area (Å²) in [4.78, 5) is 15.4. The first-order valence-electron chi connectivity index (χ1n) is 5.49. The van der Waals surface area contributed by atoms with Crippen molar-refractivity contribution < 1.29 is 9.53 Å². The van der Waals surface area contributed by atoms with E-state index in [0.29, 0.717) is 24.6 Å². The number of carbonyl (C=O) groups is 1. The Morgan fingerprint density at radius 3 is 2.72 bits per heavy atom. The highest BCUT2D eigenvalue weighted by Gasteiger charge is 2.03. The van der Waals surface area contributed by atoms with Gasteiger partial charge in [0.15, 0.2) is 5.96 Å². The number of aliphatic imine (C=N–C) groups is 1. The third-order valence-corrected chi connectivity index (χ3v) is 2.23. The second-order valence-corrected chi connectivity index (χ2v) is 3.56. The zero-order chi connectivity index (χ0) is 13.4. The summed E-state index contributed by atoms with van der Waals surface area (Å²) in [6.07, 6.45) is 1.70. The zero-order valence-corrected chi connectivity index (χ0v) is 10.3. The predicted molar refractivity (Wildman–Crippen MR) is 71.3 cm³/mol. The molecule has 0 spiro atoms. The van der Waals surface area contributed by atoms with Crippen molar-refractivity contribution in [2.24, 2.45) is 10.7 Å². The van der Waals surface area contributed by atoms with Gasteiger partial charge in [-0.05, 0) is 17.7 Å². The summed E-state index contributed by atoms with van der Waals surface area (Å²) in [5.74, 6) is 0.0177. The van der Waals surface area contributed by atoms with Crippen molar-refractivity contribution in [3.05, 3.63) is 48.0 Å². The first kappa shape index (κ1) is 13.8. The fourth-order valence-corrected chi connectivity index (χ4v) is 1.27. The Morgan fingerprint density at radius 1 is 1.50 bits per heavy atom. The Labute approximate surface area is 106 Å². The SMILES string of the molecule is C=CCNC(N)=NCc1ccc(C(=O)OC)cc1. The van der Waals surface area contributed by atoms with Crippen molar-refractivity contribution in [1.82, 2.24) is 5.32 Å². The third kappa shape index (κ3) is 4.29. The number of carbonyl (C=O) groups excluding carboxylic acids is 1. The Hall–Kier alpha value is -2.30. The molecule has 96 valence electrons. The second-order valence-electron chi connectivity index (χ2n) is 3.56. The number of benzene rings is 1. The smallest absolute Gasteiger partial charge is 0.337 e. The zero-order valence-electron chi connectivity index (χ0n) is 10.3. The van der Waals surface area contributed by atoms with Crippen molar-refractivity contribution >= 4 is 11.9 Å². The average Bonchev–Trinajstić information content (AvgIpc) is 2.42. The Bertz CT molecular complexity index is 438. The first-order chi connectivity index (χ1) is 8.67. The number of ether oxygens (including phenoxy) is 1. The van der Waals surface area contributed by atoms with Gasteiger partial charge in [-0.1, -0.05) is 18.2 Å². The van der Waals surface area contributed by atoms with Crippen LogP contribution in [0.3, 0.4) is 0 Å². The fraction of sp³-hybridized carbons (Fsp3) is 0.231. The van der Waals surface area contributed by atoms with E-state index in [-0.39, 0.29) is 5.97 Å². The molecule has 0 atom stereocenters. The normalized spacial score (nSPS) is 10.8. The molecule has 0 fully saturated rings. The van der Waals surface area contributed by atoms with Gasteiger partial charge < -0.3 is 15.8 Å². The number of hydrogen-bond acceptors (Lipinski definition) is 3. The lowest BCUT2D eigenvalue weighted by Gasteiger charge is -2.03. The summed E-state index contributed by atoms with van der Waals surface area (Å²) in [6, 6.07) is 7.03. The molecule has 0 amide bonds. The maximum atomic E-state index is 11.2. The van der Waals surface area contributed by atoms with E-state index in [1.54, 1.807) is 18.2 Å². The summed E-state index contributed by atoms with van der Waals surface area (Å²) < 4.78 is 4.61. The molecule has 0 unspecified atom stereocenters. The number of hydrogen-bond donors (Lipinski definition) is 2. The Morgan fingerprint density at radius 2 is 2.17 bits per heavy atom. The lowest BCUT2D eigenvalue weighted by Crippen LogP contribution is -2.31. The largest absolute Gasteiger partial charge is 0.465 e. The van der Waals surface area contributed by atoms with E-state index < -0.39 is 0 Å². The molecule has 0 aliphatic rings. The highest BCUT2D eigenvalue weighted by atomic mass is 16.5. The molecular weight excluding hydrogens is 230 g/mol. The molecule has 0 heterocycles. The maximum Gasteiger partial charge on any atom is 0.337 e. The molecule has 18 heavy (non-hydrogen) atoms. The van der Waals surface area contributed by atoms with Crippen LogP contribution in [0.1, 0.15) is 15.9 Å². The number of esters is 1. The lowest BCUT2D eigenvalue weighted by atomic mass is 10.1. The number of guanidine groups is 1. The molecule has 5 heteroatoms. The van der Waals surface area contributed by atoms with Crippen LogP contribution in [0.2, 0.25) is 0 Å². The molecule has 0 aromatic heterocycles. The number of rotatable bonds is 5. The van der Waals surface area contributed by atoms with E-state index in [9.17, 15) is 4.79 Å². The van der Waals surface area contributed by atoms with Crippen molar-refractivity contribution in [3.63, 3.8) is 0 Å². The number of methoxy groups -OCH3 is 1. The average molecular weight is 247 g/mol. The van der Waals surface area contributed by atoms with Gasteiger partial charge in [-0.25, -0.2) is 9.79 Å².